The second kappa shape index (κ2) is 2.66. The smallest absolute Gasteiger partial charge is 0.374 e. The fourth-order valence-electron chi connectivity index (χ4n) is 1.62. The first-order valence-corrected chi connectivity index (χ1v) is 4.00. The highest BCUT2D eigenvalue weighted by molar-refractivity contribution is 5.88. The van der Waals surface area contributed by atoms with Crippen molar-refractivity contribution in [2.75, 3.05) is 7.11 Å². The van der Waals surface area contributed by atoms with Gasteiger partial charge >= 0.3 is 5.97 Å². The number of fused-ring (bicyclic) bond motifs is 1. The van der Waals surface area contributed by atoms with Crippen LogP contribution in [0, 0.1) is 0 Å². The molecule has 1 aromatic heterocycles. The highest BCUT2D eigenvalue weighted by Crippen LogP contribution is 2.27. The van der Waals surface area contributed by atoms with Gasteiger partial charge in [0.25, 0.3) is 0 Å². The summed E-state index contributed by atoms with van der Waals surface area (Å²) in [6, 6.07) is 0. The first-order valence-electron chi connectivity index (χ1n) is 4.00. The van der Waals surface area contributed by atoms with E-state index in [-0.39, 0.29) is 5.97 Å². The number of aryl methyl sites for hydroxylation is 1. The van der Waals surface area contributed by atoms with E-state index in [2.05, 4.69) is 4.74 Å². The molecule has 64 valence electrons. The number of hydrogen-bond donors (Lipinski definition) is 0. The molecule has 0 amide bonds. The average Bonchev–Trinajstić information content (AvgIpc) is 2.62. The first kappa shape index (κ1) is 7.40. The Kier molecular flexibility index (Phi) is 1.64. The van der Waals surface area contributed by atoms with Crippen molar-refractivity contribution in [2.45, 2.75) is 19.3 Å². The molecule has 0 bridgehead atoms. The van der Waals surface area contributed by atoms with Crippen LogP contribution in [0.25, 0.3) is 0 Å². The van der Waals surface area contributed by atoms with Crippen LogP contribution >= 0.6 is 0 Å². The van der Waals surface area contributed by atoms with E-state index in [4.69, 9.17) is 4.42 Å². The lowest BCUT2D eigenvalue weighted by molar-refractivity contribution is 0.0563. The van der Waals surface area contributed by atoms with Crippen LogP contribution in [-0.2, 0) is 17.6 Å². The molecule has 0 aromatic carbocycles. The fraction of sp³-hybridized carbons (Fsp3) is 0.444. The topological polar surface area (TPSA) is 39.4 Å². The van der Waals surface area contributed by atoms with Crippen molar-refractivity contribution in [2.24, 2.45) is 0 Å². The Balaban J connectivity index is 2.39. The van der Waals surface area contributed by atoms with Gasteiger partial charge in [0, 0.05) is 5.56 Å². The summed E-state index contributed by atoms with van der Waals surface area (Å²) in [5.41, 5.74) is 2.21. The van der Waals surface area contributed by atoms with Gasteiger partial charge in [0.15, 0.2) is 0 Å². The molecular formula is C9H10O3. The van der Waals surface area contributed by atoms with Crippen molar-refractivity contribution in [3.63, 3.8) is 0 Å². The minimum Gasteiger partial charge on any atom is -0.463 e. The molecule has 12 heavy (non-hydrogen) atoms. The van der Waals surface area contributed by atoms with Gasteiger partial charge < -0.3 is 9.15 Å². The van der Waals surface area contributed by atoms with Crippen molar-refractivity contribution in [1.29, 1.82) is 0 Å². The first-order chi connectivity index (χ1) is 5.83. The Hall–Kier alpha value is -1.25. The van der Waals surface area contributed by atoms with E-state index in [0.717, 1.165) is 30.4 Å². The summed E-state index contributed by atoms with van der Waals surface area (Å²) in [5, 5.41) is 0. The molecular weight excluding hydrogens is 156 g/mol. The summed E-state index contributed by atoms with van der Waals surface area (Å²) in [6.45, 7) is 0. The van der Waals surface area contributed by atoms with Crippen molar-refractivity contribution in [3.8, 4) is 0 Å². The van der Waals surface area contributed by atoms with Gasteiger partial charge in [0.1, 0.15) is 0 Å². The van der Waals surface area contributed by atoms with Gasteiger partial charge in [0.05, 0.1) is 13.4 Å². The van der Waals surface area contributed by atoms with Crippen LogP contribution in [0.3, 0.4) is 0 Å². The molecule has 0 saturated carbocycles. The number of esters is 1. The maximum Gasteiger partial charge on any atom is 0.374 e. The average molecular weight is 166 g/mol. The number of carbonyl (C=O) groups is 1. The molecule has 0 radical (unpaired) electrons. The van der Waals surface area contributed by atoms with E-state index in [1.165, 1.54) is 7.11 Å². The van der Waals surface area contributed by atoms with E-state index >= 15 is 0 Å². The monoisotopic (exact) mass is 166 g/mol. The molecule has 0 unspecified atom stereocenters. The SMILES string of the molecule is COC(=O)c1occ2c1CCC2. The quantitative estimate of drug-likeness (QED) is 0.594. The normalized spacial score (nSPS) is 14.4. The highest BCUT2D eigenvalue weighted by Gasteiger charge is 2.23. The van der Waals surface area contributed by atoms with Gasteiger partial charge in [-0.1, -0.05) is 0 Å². The molecule has 0 spiro atoms. The third kappa shape index (κ3) is 0.932. The van der Waals surface area contributed by atoms with Crippen LogP contribution in [0.5, 0.6) is 0 Å². The standard InChI is InChI=1S/C9H10O3/c1-11-9(10)8-7-4-2-3-6(7)5-12-8/h5H,2-4H2,1H3. The zero-order valence-electron chi connectivity index (χ0n) is 6.92. The van der Waals surface area contributed by atoms with Gasteiger partial charge in [-0.25, -0.2) is 4.79 Å². The van der Waals surface area contributed by atoms with Gasteiger partial charge in [-0.15, -0.1) is 0 Å². The molecule has 2 rings (SSSR count). The van der Waals surface area contributed by atoms with Crippen LogP contribution in [0.15, 0.2) is 10.7 Å². The van der Waals surface area contributed by atoms with Crippen molar-refractivity contribution >= 4 is 5.97 Å². The maximum absolute atomic E-state index is 11.1. The third-order valence-electron chi connectivity index (χ3n) is 2.22. The molecule has 1 heterocycles. The second-order valence-electron chi connectivity index (χ2n) is 2.91. The molecule has 0 saturated heterocycles. The number of carbonyl (C=O) groups excluding carboxylic acids is 1. The molecule has 0 N–H and O–H groups in total. The summed E-state index contributed by atoms with van der Waals surface area (Å²) in [6.07, 6.45) is 4.74. The molecule has 0 fully saturated rings. The highest BCUT2D eigenvalue weighted by atomic mass is 16.5. The molecule has 0 atom stereocenters. The van der Waals surface area contributed by atoms with E-state index in [9.17, 15) is 4.79 Å². The predicted molar refractivity (Wildman–Crippen MR) is 42.1 cm³/mol. The predicted octanol–water partition coefficient (Wildman–Crippen LogP) is 1.55. The largest absolute Gasteiger partial charge is 0.463 e. The Morgan fingerprint density at radius 2 is 2.42 bits per heavy atom. The number of rotatable bonds is 1. The van der Waals surface area contributed by atoms with Crippen LogP contribution in [0.1, 0.15) is 28.1 Å². The zero-order valence-corrected chi connectivity index (χ0v) is 6.92. The lowest BCUT2D eigenvalue weighted by atomic mass is 10.2. The van der Waals surface area contributed by atoms with Gasteiger partial charge in [-0.05, 0) is 24.8 Å². The second-order valence-corrected chi connectivity index (χ2v) is 2.91. The van der Waals surface area contributed by atoms with E-state index in [1.807, 2.05) is 0 Å². The summed E-state index contributed by atoms with van der Waals surface area (Å²) in [7, 11) is 1.37. The van der Waals surface area contributed by atoms with E-state index in [0.29, 0.717) is 5.76 Å². The van der Waals surface area contributed by atoms with Gasteiger partial charge in [-0.3, -0.25) is 0 Å². The number of hydrogen-bond acceptors (Lipinski definition) is 3. The van der Waals surface area contributed by atoms with Crippen LogP contribution < -0.4 is 0 Å². The zero-order chi connectivity index (χ0) is 8.55. The number of furan rings is 1. The Bertz CT molecular complexity index is 312. The van der Waals surface area contributed by atoms with Crippen LogP contribution in [-0.4, -0.2) is 13.1 Å². The lowest BCUT2D eigenvalue weighted by Gasteiger charge is -1.95. The van der Waals surface area contributed by atoms with Crippen molar-refractivity contribution in [1.82, 2.24) is 0 Å². The molecule has 1 aromatic rings. The van der Waals surface area contributed by atoms with E-state index in [1.54, 1.807) is 6.26 Å². The lowest BCUT2D eigenvalue weighted by Crippen LogP contribution is -2.01. The van der Waals surface area contributed by atoms with Crippen LogP contribution in [0.4, 0.5) is 0 Å². The van der Waals surface area contributed by atoms with Gasteiger partial charge in [0.2, 0.25) is 5.76 Å². The number of ether oxygens (including phenoxy) is 1. The minimum absolute atomic E-state index is 0.363. The molecule has 1 aliphatic rings. The summed E-state index contributed by atoms with van der Waals surface area (Å²) in [5.74, 6) is 0.0307. The minimum atomic E-state index is -0.363. The summed E-state index contributed by atoms with van der Waals surface area (Å²) in [4.78, 5) is 11.1. The third-order valence-corrected chi connectivity index (χ3v) is 2.22. The Morgan fingerprint density at radius 1 is 1.58 bits per heavy atom. The summed E-state index contributed by atoms with van der Waals surface area (Å²) < 4.78 is 9.70. The molecule has 1 aliphatic carbocycles. The molecule has 0 aliphatic heterocycles. The summed E-state index contributed by atoms with van der Waals surface area (Å²) >= 11 is 0. The van der Waals surface area contributed by atoms with Crippen LogP contribution in [0.2, 0.25) is 0 Å². The maximum atomic E-state index is 11.1. The van der Waals surface area contributed by atoms with Crippen molar-refractivity contribution < 1.29 is 13.9 Å². The Labute approximate surface area is 70.3 Å². The van der Waals surface area contributed by atoms with Crippen molar-refractivity contribution in [3.05, 3.63) is 23.2 Å². The number of methoxy groups -OCH3 is 1. The molecule has 3 nitrogen and oxygen atoms in total. The van der Waals surface area contributed by atoms with E-state index < -0.39 is 0 Å². The molecule has 3 heteroatoms. The Morgan fingerprint density at radius 3 is 3.17 bits per heavy atom. The fourth-order valence-corrected chi connectivity index (χ4v) is 1.62. The van der Waals surface area contributed by atoms with Gasteiger partial charge in [-0.2, -0.15) is 0 Å².